The van der Waals surface area contributed by atoms with Crippen molar-refractivity contribution in [1.82, 2.24) is 0 Å². The Hall–Kier alpha value is -3.02. The molecule has 0 radical (unpaired) electrons. The Morgan fingerprint density at radius 1 is 0.893 bits per heavy atom. The van der Waals surface area contributed by atoms with Gasteiger partial charge in [-0.05, 0) is 56.9 Å². The normalized spacial score (nSPS) is 14.2. The van der Waals surface area contributed by atoms with Crippen molar-refractivity contribution in [3.63, 3.8) is 0 Å². The highest BCUT2D eigenvalue weighted by atomic mass is 16.5. The number of rotatable bonds is 6. The van der Waals surface area contributed by atoms with E-state index in [-0.39, 0.29) is 11.8 Å². The Morgan fingerprint density at radius 3 is 2.04 bits per heavy atom. The minimum absolute atomic E-state index is 0.271. The third-order valence-electron chi connectivity index (χ3n) is 5.19. The Bertz CT molecular complexity index is 909. The molecule has 2 aromatic carbocycles. The summed E-state index contributed by atoms with van der Waals surface area (Å²) >= 11 is 0. The van der Waals surface area contributed by atoms with Gasteiger partial charge in [0.25, 0.3) is 0 Å². The molecule has 1 fully saturated rings. The standard InChI is InChI=1S/C22H26N2O4/c1-13-10-14(2)19(15(3)11-13)24-21(26)22(8-9-22)20(25)23-17-7-6-16(27-4)12-18(17)28-5/h6-7,10-12H,8-9H2,1-5H3,(H,23,25)(H,24,26). The fraction of sp³-hybridized carbons (Fsp3) is 0.364. The number of aryl methyl sites for hydroxylation is 3. The number of methoxy groups -OCH3 is 2. The van der Waals surface area contributed by atoms with E-state index in [2.05, 4.69) is 10.6 Å². The highest BCUT2D eigenvalue weighted by Crippen LogP contribution is 2.48. The Morgan fingerprint density at radius 2 is 1.50 bits per heavy atom. The molecule has 0 aliphatic heterocycles. The van der Waals surface area contributed by atoms with Gasteiger partial charge in [-0.1, -0.05) is 17.7 Å². The van der Waals surface area contributed by atoms with E-state index in [0.717, 1.165) is 22.4 Å². The summed E-state index contributed by atoms with van der Waals surface area (Å²) in [5, 5.41) is 5.81. The Balaban J connectivity index is 1.78. The largest absolute Gasteiger partial charge is 0.497 e. The molecule has 6 nitrogen and oxygen atoms in total. The third-order valence-corrected chi connectivity index (χ3v) is 5.19. The first-order valence-electron chi connectivity index (χ1n) is 9.23. The lowest BCUT2D eigenvalue weighted by molar-refractivity contribution is -0.131. The molecule has 1 saturated carbocycles. The van der Waals surface area contributed by atoms with E-state index in [1.54, 1.807) is 25.3 Å². The number of benzene rings is 2. The van der Waals surface area contributed by atoms with Gasteiger partial charge in [0.1, 0.15) is 16.9 Å². The average Bonchev–Trinajstić information content (AvgIpc) is 3.46. The van der Waals surface area contributed by atoms with Crippen LogP contribution in [0.5, 0.6) is 11.5 Å². The molecule has 0 heterocycles. The summed E-state index contributed by atoms with van der Waals surface area (Å²) in [4.78, 5) is 25.9. The van der Waals surface area contributed by atoms with Crippen LogP contribution in [0.15, 0.2) is 30.3 Å². The summed E-state index contributed by atoms with van der Waals surface area (Å²) in [7, 11) is 3.08. The van der Waals surface area contributed by atoms with Crippen LogP contribution in [-0.2, 0) is 9.59 Å². The zero-order valence-electron chi connectivity index (χ0n) is 16.9. The molecule has 0 atom stereocenters. The van der Waals surface area contributed by atoms with E-state index in [1.807, 2.05) is 32.9 Å². The van der Waals surface area contributed by atoms with E-state index in [9.17, 15) is 9.59 Å². The van der Waals surface area contributed by atoms with E-state index < -0.39 is 5.41 Å². The maximum Gasteiger partial charge on any atom is 0.240 e. The second-order valence-corrected chi connectivity index (χ2v) is 7.33. The van der Waals surface area contributed by atoms with Gasteiger partial charge in [-0.2, -0.15) is 0 Å². The molecule has 148 valence electrons. The van der Waals surface area contributed by atoms with Crippen molar-refractivity contribution in [2.45, 2.75) is 33.6 Å². The molecule has 1 aliphatic carbocycles. The lowest BCUT2D eigenvalue weighted by Gasteiger charge is -2.19. The number of anilines is 2. The molecule has 28 heavy (non-hydrogen) atoms. The molecule has 0 bridgehead atoms. The van der Waals surface area contributed by atoms with Gasteiger partial charge in [-0.25, -0.2) is 0 Å². The molecule has 2 N–H and O–H groups in total. The number of carbonyl (C=O) groups is 2. The zero-order chi connectivity index (χ0) is 20.5. The first-order valence-corrected chi connectivity index (χ1v) is 9.23. The molecule has 0 saturated heterocycles. The fourth-order valence-electron chi connectivity index (χ4n) is 3.44. The van der Waals surface area contributed by atoms with Crippen LogP contribution in [0.3, 0.4) is 0 Å². The van der Waals surface area contributed by atoms with Crippen LogP contribution in [0.2, 0.25) is 0 Å². The van der Waals surface area contributed by atoms with Crippen molar-refractivity contribution in [3.05, 3.63) is 47.0 Å². The molecule has 2 amide bonds. The summed E-state index contributed by atoms with van der Waals surface area (Å²) in [5.74, 6) is 0.511. The van der Waals surface area contributed by atoms with E-state index >= 15 is 0 Å². The second-order valence-electron chi connectivity index (χ2n) is 7.33. The van der Waals surface area contributed by atoms with Gasteiger partial charge < -0.3 is 20.1 Å². The highest BCUT2D eigenvalue weighted by molar-refractivity contribution is 6.17. The molecular weight excluding hydrogens is 356 g/mol. The lowest BCUT2D eigenvalue weighted by atomic mass is 10.0. The quantitative estimate of drug-likeness (QED) is 0.741. The van der Waals surface area contributed by atoms with Gasteiger partial charge in [-0.15, -0.1) is 0 Å². The fourth-order valence-corrected chi connectivity index (χ4v) is 3.44. The predicted octanol–water partition coefficient (Wildman–Crippen LogP) is 3.99. The molecule has 3 rings (SSSR count). The predicted molar refractivity (Wildman–Crippen MR) is 109 cm³/mol. The van der Waals surface area contributed by atoms with Gasteiger partial charge in [0.2, 0.25) is 11.8 Å². The minimum Gasteiger partial charge on any atom is -0.497 e. The first kappa shape index (κ1) is 19.7. The number of carbonyl (C=O) groups excluding carboxylic acids is 2. The third kappa shape index (κ3) is 3.67. The molecule has 0 spiro atoms. The van der Waals surface area contributed by atoms with Crippen molar-refractivity contribution in [1.29, 1.82) is 0 Å². The Labute approximate surface area is 165 Å². The van der Waals surface area contributed by atoms with Crippen LogP contribution in [-0.4, -0.2) is 26.0 Å². The number of hydrogen-bond donors (Lipinski definition) is 2. The summed E-state index contributed by atoms with van der Waals surface area (Å²) < 4.78 is 10.5. The van der Waals surface area contributed by atoms with Crippen LogP contribution in [0.1, 0.15) is 29.5 Å². The topological polar surface area (TPSA) is 76.7 Å². The summed E-state index contributed by atoms with van der Waals surface area (Å²) in [6.45, 7) is 5.93. The van der Waals surface area contributed by atoms with Gasteiger partial charge >= 0.3 is 0 Å². The van der Waals surface area contributed by atoms with Gasteiger partial charge in [-0.3, -0.25) is 9.59 Å². The van der Waals surface area contributed by atoms with Crippen molar-refractivity contribution < 1.29 is 19.1 Å². The Kier molecular flexibility index (Phi) is 5.31. The van der Waals surface area contributed by atoms with Crippen LogP contribution < -0.4 is 20.1 Å². The van der Waals surface area contributed by atoms with Crippen molar-refractivity contribution >= 4 is 23.2 Å². The van der Waals surface area contributed by atoms with Gasteiger partial charge in [0, 0.05) is 11.8 Å². The number of hydrogen-bond acceptors (Lipinski definition) is 4. The summed E-state index contributed by atoms with van der Waals surface area (Å²) in [6, 6.07) is 9.16. The molecule has 2 aromatic rings. The van der Waals surface area contributed by atoms with Crippen LogP contribution in [0.4, 0.5) is 11.4 Å². The average molecular weight is 382 g/mol. The smallest absolute Gasteiger partial charge is 0.240 e. The molecule has 6 heteroatoms. The maximum atomic E-state index is 12.9. The SMILES string of the molecule is COc1ccc(NC(=O)C2(C(=O)Nc3c(C)cc(C)cc3C)CC2)c(OC)c1. The number of nitrogens with one attached hydrogen (secondary N) is 2. The van der Waals surface area contributed by atoms with Crippen molar-refractivity contribution in [2.75, 3.05) is 24.9 Å². The molecule has 0 unspecified atom stereocenters. The second kappa shape index (κ2) is 7.54. The first-order chi connectivity index (χ1) is 13.3. The molecule has 1 aliphatic rings. The lowest BCUT2D eigenvalue weighted by Crippen LogP contribution is -2.36. The van der Waals surface area contributed by atoms with E-state index in [4.69, 9.17) is 9.47 Å². The minimum atomic E-state index is -1.05. The summed E-state index contributed by atoms with van der Waals surface area (Å²) in [6.07, 6.45) is 1.04. The molecule has 0 aromatic heterocycles. The molecular formula is C22H26N2O4. The van der Waals surface area contributed by atoms with Crippen molar-refractivity contribution in [3.8, 4) is 11.5 Å². The van der Waals surface area contributed by atoms with E-state index in [0.29, 0.717) is 30.0 Å². The van der Waals surface area contributed by atoms with Crippen molar-refractivity contribution in [2.24, 2.45) is 5.41 Å². The van der Waals surface area contributed by atoms with Gasteiger partial charge in [0.05, 0.1) is 19.9 Å². The highest BCUT2D eigenvalue weighted by Gasteiger charge is 2.56. The van der Waals surface area contributed by atoms with Crippen LogP contribution >= 0.6 is 0 Å². The van der Waals surface area contributed by atoms with Crippen LogP contribution in [0.25, 0.3) is 0 Å². The zero-order valence-corrected chi connectivity index (χ0v) is 16.9. The number of amides is 2. The van der Waals surface area contributed by atoms with E-state index in [1.165, 1.54) is 7.11 Å². The summed E-state index contributed by atoms with van der Waals surface area (Å²) in [5.41, 5.74) is 3.34. The van der Waals surface area contributed by atoms with Gasteiger partial charge in [0.15, 0.2) is 0 Å². The maximum absolute atomic E-state index is 12.9. The number of ether oxygens (including phenoxy) is 2. The van der Waals surface area contributed by atoms with Crippen LogP contribution in [0, 0.1) is 26.2 Å². The monoisotopic (exact) mass is 382 g/mol.